The summed E-state index contributed by atoms with van der Waals surface area (Å²) in [6, 6.07) is 0. The van der Waals surface area contributed by atoms with Crippen LogP contribution in [-0.2, 0) is 0 Å². The number of piperazine rings is 1. The minimum atomic E-state index is 1.09. The molecule has 1 aliphatic heterocycles. The number of rotatable bonds is 4. The van der Waals surface area contributed by atoms with E-state index in [-0.39, 0.29) is 0 Å². The van der Waals surface area contributed by atoms with Crippen molar-refractivity contribution in [2.45, 2.75) is 6.92 Å². The maximum absolute atomic E-state index is 3.34. The first-order valence-electron chi connectivity index (χ1n) is 4.57. The molecular formula is C8H19N3. The lowest BCUT2D eigenvalue weighted by atomic mass is 10.3. The molecule has 0 bridgehead atoms. The van der Waals surface area contributed by atoms with E-state index < -0.39 is 0 Å². The molecule has 2 N–H and O–H groups in total. The summed E-state index contributed by atoms with van der Waals surface area (Å²) < 4.78 is 0. The maximum Gasteiger partial charge on any atom is 0.0108 e. The van der Waals surface area contributed by atoms with Gasteiger partial charge in [-0.25, -0.2) is 0 Å². The van der Waals surface area contributed by atoms with E-state index in [0.717, 1.165) is 26.2 Å². The Labute approximate surface area is 69.1 Å². The van der Waals surface area contributed by atoms with Gasteiger partial charge >= 0.3 is 0 Å². The van der Waals surface area contributed by atoms with Gasteiger partial charge in [-0.15, -0.1) is 0 Å². The minimum Gasteiger partial charge on any atom is -0.316 e. The Hall–Kier alpha value is -0.120. The van der Waals surface area contributed by atoms with E-state index in [1.54, 1.807) is 0 Å². The van der Waals surface area contributed by atoms with Gasteiger partial charge in [-0.2, -0.15) is 0 Å². The van der Waals surface area contributed by atoms with Gasteiger partial charge in [0, 0.05) is 39.3 Å². The molecule has 1 fully saturated rings. The highest BCUT2D eigenvalue weighted by atomic mass is 15.2. The Morgan fingerprint density at radius 2 is 2.09 bits per heavy atom. The smallest absolute Gasteiger partial charge is 0.0108 e. The van der Waals surface area contributed by atoms with Gasteiger partial charge in [0.15, 0.2) is 0 Å². The van der Waals surface area contributed by atoms with Crippen molar-refractivity contribution in [2.24, 2.45) is 0 Å². The highest BCUT2D eigenvalue weighted by Crippen LogP contribution is 1.89. The molecule has 0 aromatic heterocycles. The lowest BCUT2D eigenvalue weighted by molar-refractivity contribution is 0.242. The monoisotopic (exact) mass is 157 g/mol. The Bertz CT molecular complexity index is 89.3. The van der Waals surface area contributed by atoms with E-state index in [4.69, 9.17) is 0 Å². The normalized spacial score (nSPS) is 20.5. The molecule has 0 spiro atoms. The van der Waals surface area contributed by atoms with Gasteiger partial charge < -0.3 is 10.6 Å². The second-order valence-corrected chi connectivity index (χ2v) is 2.95. The molecule has 0 amide bonds. The van der Waals surface area contributed by atoms with Crippen LogP contribution in [0.25, 0.3) is 0 Å². The molecule has 11 heavy (non-hydrogen) atoms. The van der Waals surface area contributed by atoms with Gasteiger partial charge in [0.25, 0.3) is 0 Å². The predicted octanol–water partition coefficient (Wildman–Crippen LogP) is -0.499. The van der Waals surface area contributed by atoms with Crippen LogP contribution >= 0.6 is 0 Å². The highest BCUT2D eigenvalue weighted by molar-refractivity contribution is 4.67. The molecule has 66 valence electrons. The van der Waals surface area contributed by atoms with E-state index in [0.29, 0.717) is 0 Å². The van der Waals surface area contributed by atoms with Gasteiger partial charge in [-0.05, 0) is 6.54 Å². The van der Waals surface area contributed by atoms with Crippen LogP contribution in [0.2, 0.25) is 0 Å². The zero-order valence-corrected chi connectivity index (χ0v) is 7.40. The number of nitrogens with one attached hydrogen (secondary N) is 2. The highest BCUT2D eigenvalue weighted by Gasteiger charge is 2.07. The summed E-state index contributed by atoms with van der Waals surface area (Å²) in [6.07, 6.45) is 0. The van der Waals surface area contributed by atoms with E-state index >= 15 is 0 Å². The van der Waals surface area contributed by atoms with Crippen LogP contribution in [0, 0.1) is 0 Å². The van der Waals surface area contributed by atoms with E-state index in [1.807, 2.05) is 0 Å². The third kappa shape index (κ3) is 3.70. The fourth-order valence-corrected chi connectivity index (χ4v) is 1.35. The molecule has 3 heteroatoms. The Kier molecular flexibility index (Phi) is 4.50. The average molecular weight is 157 g/mol. The van der Waals surface area contributed by atoms with Crippen molar-refractivity contribution in [3.8, 4) is 0 Å². The zero-order chi connectivity index (χ0) is 7.94. The molecule has 0 unspecified atom stereocenters. The summed E-state index contributed by atoms with van der Waals surface area (Å²) in [5.41, 5.74) is 0. The average Bonchev–Trinajstić information content (AvgIpc) is 2.07. The largest absolute Gasteiger partial charge is 0.316 e. The molecule has 0 aliphatic carbocycles. The lowest BCUT2D eigenvalue weighted by Gasteiger charge is -2.26. The molecule has 0 atom stereocenters. The van der Waals surface area contributed by atoms with Crippen molar-refractivity contribution in [1.29, 1.82) is 0 Å². The molecule has 0 radical (unpaired) electrons. The number of likely N-dealkylation sites (N-methyl/N-ethyl adjacent to an activating group) is 1. The van der Waals surface area contributed by atoms with E-state index in [2.05, 4.69) is 22.5 Å². The van der Waals surface area contributed by atoms with E-state index in [9.17, 15) is 0 Å². The third-order valence-electron chi connectivity index (χ3n) is 2.06. The number of hydrogen-bond acceptors (Lipinski definition) is 3. The standard InChI is InChI=1S/C8H19N3/c1-2-9-3-6-11-7-4-10-5-8-11/h9-10H,2-8H2,1H3. The van der Waals surface area contributed by atoms with Crippen molar-refractivity contribution in [3.05, 3.63) is 0 Å². The van der Waals surface area contributed by atoms with Crippen LogP contribution in [0.4, 0.5) is 0 Å². The quantitative estimate of drug-likeness (QED) is 0.539. The molecule has 1 rings (SSSR count). The first-order chi connectivity index (χ1) is 5.43. The van der Waals surface area contributed by atoms with Gasteiger partial charge in [0.1, 0.15) is 0 Å². The van der Waals surface area contributed by atoms with Crippen molar-refractivity contribution in [1.82, 2.24) is 15.5 Å². The van der Waals surface area contributed by atoms with Gasteiger partial charge in [0.2, 0.25) is 0 Å². The number of hydrogen-bond donors (Lipinski definition) is 2. The van der Waals surface area contributed by atoms with Crippen molar-refractivity contribution < 1.29 is 0 Å². The Balaban J connectivity index is 1.96. The SMILES string of the molecule is CCNCCN1CCNCC1. The fourth-order valence-electron chi connectivity index (χ4n) is 1.35. The Morgan fingerprint density at radius 3 is 2.73 bits per heavy atom. The predicted molar refractivity (Wildman–Crippen MR) is 47.9 cm³/mol. The summed E-state index contributed by atoms with van der Waals surface area (Å²) in [4.78, 5) is 2.50. The van der Waals surface area contributed by atoms with E-state index in [1.165, 1.54) is 19.6 Å². The van der Waals surface area contributed by atoms with Crippen LogP contribution < -0.4 is 10.6 Å². The minimum absolute atomic E-state index is 1.09. The van der Waals surface area contributed by atoms with Crippen LogP contribution in [0.3, 0.4) is 0 Å². The molecular weight excluding hydrogens is 138 g/mol. The van der Waals surface area contributed by atoms with Crippen molar-refractivity contribution in [2.75, 3.05) is 45.8 Å². The number of nitrogens with zero attached hydrogens (tertiary/aromatic N) is 1. The molecule has 0 aromatic carbocycles. The summed E-state index contributed by atoms with van der Waals surface area (Å²) in [5, 5.41) is 6.68. The molecule has 3 nitrogen and oxygen atoms in total. The molecule has 0 aromatic rings. The van der Waals surface area contributed by atoms with Crippen LogP contribution in [-0.4, -0.2) is 50.7 Å². The fraction of sp³-hybridized carbons (Fsp3) is 1.00. The molecule has 1 saturated heterocycles. The maximum atomic E-state index is 3.34. The van der Waals surface area contributed by atoms with Crippen LogP contribution in [0.5, 0.6) is 0 Å². The molecule has 1 aliphatic rings. The van der Waals surface area contributed by atoms with Gasteiger partial charge in [-0.1, -0.05) is 6.92 Å². The van der Waals surface area contributed by atoms with Gasteiger partial charge in [0.05, 0.1) is 0 Å². The van der Waals surface area contributed by atoms with Crippen LogP contribution in [0.15, 0.2) is 0 Å². The topological polar surface area (TPSA) is 27.3 Å². The summed E-state index contributed by atoms with van der Waals surface area (Å²) in [6.45, 7) is 10.3. The molecule has 0 saturated carbocycles. The third-order valence-corrected chi connectivity index (χ3v) is 2.06. The lowest BCUT2D eigenvalue weighted by Crippen LogP contribution is -2.45. The molecule has 1 heterocycles. The summed E-state index contributed by atoms with van der Waals surface area (Å²) in [7, 11) is 0. The summed E-state index contributed by atoms with van der Waals surface area (Å²) in [5.74, 6) is 0. The summed E-state index contributed by atoms with van der Waals surface area (Å²) >= 11 is 0. The second-order valence-electron chi connectivity index (χ2n) is 2.95. The van der Waals surface area contributed by atoms with Gasteiger partial charge in [-0.3, -0.25) is 4.90 Å². The zero-order valence-electron chi connectivity index (χ0n) is 7.40. The first-order valence-corrected chi connectivity index (χ1v) is 4.57. The first kappa shape index (κ1) is 8.97. The van der Waals surface area contributed by atoms with Crippen molar-refractivity contribution in [3.63, 3.8) is 0 Å². The van der Waals surface area contributed by atoms with Crippen molar-refractivity contribution >= 4 is 0 Å². The Morgan fingerprint density at radius 1 is 1.36 bits per heavy atom. The second kappa shape index (κ2) is 5.52. The van der Waals surface area contributed by atoms with Crippen LogP contribution in [0.1, 0.15) is 6.92 Å².